The second kappa shape index (κ2) is 17.4. The van der Waals surface area contributed by atoms with Gasteiger partial charge >= 0.3 is 0 Å². The fraction of sp³-hybridized carbons (Fsp3) is 0.0588. The zero-order valence-corrected chi connectivity index (χ0v) is 40.7. The average molecular weight is 923 g/mol. The highest BCUT2D eigenvalue weighted by Gasteiger charge is 2.21. The summed E-state index contributed by atoms with van der Waals surface area (Å²) in [6.45, 7) is 8.71. The molecule has 0 bridgehead atoms. The molecule has 13 aromatic rings. The maximum Gasteiger partial charge on any atom is 0.160 e. The molecule has 0 aliphatic heterocycles. The van der Waals surface area contributed by atoms with Gasteiger partial charge in [-0.15, -0.1) is 0 Å². The van der Waals surface area contributed by atoms with E-state index in [-0.39, 0.29) is 0 Å². The summed E-state index contributed by atoms with van der Waals surface area (Å²) in [6.07, 6.45) is 0. The number of rotatable bonds is 8. The monoisotopic (exact) mass is 922 g/mol. The molecule has 342 valence electrons. The molecule has 0 amide bonds. The quantitative estimate of drug-likeness (QED) is 0.152. The maximum atomic E-state index is 5.32. The molecule has 10 aromatic carbocycles. The predicted octanol–water partition coefficient (Wildman–Crippen LogP) is 17.9. The standard InChI is InChI=1S/C68H50N4/c1-43-32-44(2)35-53(34-43)49-26-29-66-59(39-49)56-22-11-13-24-63(56)71(66)55-21-15-20-51(38-55)58-41-52(62-42-61(47-16-7-5-8-17-47)69-68(70-62)48-18-9-6-10-19-48)28-31-65(58)72-64-25-14-12-23-57(64)60-40-50(27-30-67(60)72)54-36-45(3)33-46(4)37-54/h5-42H,1-4H3. The van der Waals surface area contributed by atoms with Gasteiger partial charge in [0.2, 0.25) is 0 Å². The van der Waals surface area contributed by atoms with Crippen LogP contribution >= 0.6 is 0 Å². The van der Waals surface area contributed by atoms with Crippen molar-refractivity contribution in [3.05, 3.63) is 253 Å². The Kier molecular flexibility index (Phi) is 10.4. The highest BCUT2D eigenvalue weighted by atomic mass is 15.0. The molecule has 0 saturated heterocycles. The number of benzene rings is 10. The molecule has 0 atom stereocenters. The SMILES string of the molecule is Cc1cc(C)cc(-c2ccc3c(c2)c2ccccc2n3-c2cccc(-c3cc(-c4cc(-c5ccccc5)nc(-c5ccccc5)n4)ccc3-n3c4ccccc4c4cc(-c5cc(C)cc(C)c5)ccc43)c2)c1. The van der Waals surface area contributed by atoms with Gasteiger partial charge in [-0.2, -0.15) is 0 Å². The van der Waals surface area contributed by atoms with Gasteiger partial charge in [-0.1, -0.05) is 186 Å². The molecule has 13 rings (SSSR count). The Balaban J connectivity index is 1.04. The summed E-state index contributed by atoms with van der Waals surface area (Å²) >= 11 is 0. The summed E-state index contributed by atoms with van der Waals surface area (Å²) in [7, 11) is 0. The zero-order valence-electron chi connectivity index (χ0n) is 40.7. The van der Waals surface area contributed by atoms with E-state index in [0.29, 0.717) is 5.82 Å². The number of aryl methyl sites for hydroxylation is 4. The number of aromatic nitrogens is 4. The van der Waals surface area contributed by atoms with Crippen LogP contribution in [0.4, 0.5) is 0 Å². The first kappa shape index (κ1) is 42.9. The first-order valence-electron chi connectivity index (χ1n) is 24.8. The number of hydrogen-bond donors (Lipinski definition) is 0. The Morgan fingerprint density at radius 3 is 1.35 bits per heavy atom. The van der Waals surface area contributed by atoms with Crippen LogP contribution in [0.5, 0.6) is 0 Å². The summed E-state index contributed by atoms with van der Waals surface area (Å²) in [5.41, 5.74) is 23.7. The Hall–Kier alpha value is -9.12. The third-order valence-electron chi connectivity index (χ3n) is 14.2. The van der Waals surface area contributed by atoms with E-state index in [2.05, 4.69) is 243 Å². The van der Waals surface area contributed by atoms with Crippen molar-refractivity contribution in [2.24, 2.45) is 0 Å². The van der Waals surface area contributed by atoms with E-state index in [1.165, 1.54) is 77.1 Å². The van der Waals surface area contributed by atoms with Gasteiger partial charge in [0.15, 0.2) is 5.82 Å². The van der Waals surface area contributed by atoms with Gasteiger partial charge < -0.3 is 9.13 Å². The van der Waals surface area contributed by atoms with Gasteiger partial charge in [-0.05, 0) is 122 Å². The van der Waals surface area contributed by atoms with Crippen LogP contribution < -0.4 is 0 Å². The first-order valence-corrected chi connectivity index (χ1v) is 24.8. The van der Waals surface area contributed by atoms with E-state index in [1.54, 1.807) is 0 Å². The summed E-state index contributed by atoms with van der Waals surface area (Å²) in [5.74, 6) is 0.689. The van der Waals surface area contributed by atoms with Crippen molar-refractivity contribution < 1.29 is 0 Å². The van der Waals surface area contributed by atoms with Crippen LogP contribution in [0.2, 0.25) is 0 Å². The van der Waals surface area contributed by atoms with Gasteiger partial charge in [-0.25, -0.2) is 9.97 Å². The topological polar surface area (TPSA) is 35.6 Å². The Bertz CT molecular complexity index is 4150. The largest absolute Gasteiger partial charge is 0.309 e. The van der Waals surface area contributed by atoms with Crippen molar-refractivity contribution in [3.8, 4) is 78.7 Å². The van der Waals surface area contributed by atoms with Crippen LogP contribution in [0.1, 0.15) is 22.3 Å². The highest BCUT2D eigenvalue weighted by Crippen LogP contribution is 2.42. The lowest BCUT2D eigenvalue weighted by molar-refractivity contribution is 1.16. The van der Waals surface area contributed by atoms with Crippen LogP contribution in [0.15, 0.2) is 231 Å². The number of hydrogen-bond acceptors (Lipinski definition) is 2. The van der Waals surface area contributed by atoms with Crippen molar-refractivity contribution in [1.82, 2.24) is 19.1 Å². The van der Waals surface area contributed by atoms with Crippen LogP contribution in [0.25, 0.3) is 122 Å². The first-order chi connectivity index (χ1) is 35.3. The third-order valence-corrected chi connectivity index (χ3v) is 14.2. The lowest BCUT2D eigenvalue weighted by Crippen LogP contribution is -2.00. The van der Waals surface area contributed by atoms with E-state index in [0.717, 1.165) is 61.6 Å². The molecule has 4 heteroatoms. The molecular weight excluding hydrogens is 873 g/mol. The zero-order chi connectivity index (χ0) is 48.5. The van der Waals surface area contributed by atoms with E-state index < -0.39 is 0 Å². The molecule has 3 aromatic heterocycles. The Morgan fingerprint density at radius 1 is 0.278 bits per heavy atom. The lowest BCUT2D eigenvalue weighted by atomic mass is 9.97. The molecule has 0 aliphatic rings. The van der Waals surface area contributed by atoms with Crippen molar-refractivity contribution in [3.63, 3.8) is 0 Å². The minimum absolute atomic E-state index is 0.689. The second-order valence-electron chi connectivity index (χ2n) is 19.4. The summed E-state index contributed by atoms with van der Waals surface area (Å²) in [6, 6.07) is 84.0. The van der Waals surface area contributed by atoms with E-state index >= 15 is 0 Å². The minimum atomic E-state index is 0.689. The minimum Gasteiger partial charge on any atom is -0.309 e. The maximum absolute atomic E-state index is 5.32. The summed E-state index contributed by atoms with van der Waals surface area (Å²) in [4.78, 5) is 10.5. The van der Waals surface area contributed by atoms with Crippen molar-refractivity contribution in [1.29, 1.82) is 0 Å². The molecule has 0 unspecified atom stereocenters. The summed E-state index contributed by atoms with van der Waals surface area (Å²) in [5, 5.41) is 4.88. The molecule has 3 heterocycles. The third kappa shape index (κ3) is 7.56. The molecule has 0 spiro atoms. The summed E-state index contributed by atoms with van der Waals surface area (Å²) < 4.78 is 4.89. The fourth-order valence-electron chi connectivity index (χ4n) is 11.1. The normalized spacial score (nSPS) is 11.6. The molecular formula is C68H50N4. The lowest BCUT2D eigenvalue weighted by Gasteiger charge is -2.18. The van der Waals surface area contributed by atoms with Gasteiger partial charge in [0.1, 0.15) is 0 Å². The smallest absolute Gasteiger partial charge is 0.160 e. The molecule has 0 aliphatic carbocycles. The molecule has 0 N–H and O–H groups in total. The van der Waals surface area contributed by atoms with Gasteiger partial charge in [0.25, 0.3) is 0 Å². The van der Waals surface area contributed by atoms with E-state index in [9.17, 15) is 0 Å². The number of nitrogens with zero attached hydrogens (tertiary/aromatic N) is 4. The fourth-order valence-corrected chi connectivity index (χ4v) is 11.1. The van der Waals surface area contributed by atoms with Gasteiger partial charge in [0.05, 0.1) is 39.1 Å². The van der Waals surface area contributed by atoms with Crippen LogP contribution in [-0.4, -0.2) is 19.1 Å². The van der Waals surface area contributed by atoms with Gasteiger partial charge in [-0.3, -0.25) is 0 Å². The van der Waals surface area contributed by atoms with E-state index in [1.807, 2.05) is 24.3 Å². The van der Waals surface area contributed by atoms with E-state index in [4.69, 9.17) is 9.97 Å². The molecule has 0 fully saturated rings. The Morgan fingerprint density at radius 2 is 0.750 bits per heavy atom. The Labute approximate surface area is 419 Å². The average Bonchev–Trinajstić information content (AvgIpc) is 3.93. The molecule has 0 saturated carbocycles. The molecule has 4 nitrogen and oxygen atoms in total. The number of fused-ring (bicyclic) bond motifs is 6. The van der Waals surface area contributed by atoms with Crippen LogP contribution in [-0.2, 0) is 0 Å². The molecule has 72 heavy (non-hydrogen) atoms. The van der Waals surface area contributed by atoms with Crippen molar-refractivity contribution >= 4 is 43.6 Å². The van der Waals surface area contributed by atoms with Gasteiger partial charge in [0, 0.05) is 49.5 Å². The number of para-hydroxylation sites is 2. The van der Waals surface area contributed by atoms with Crippen LogP contribution in [0, 0.1) is 27.7 Å². The van der Waals surface area contributed by atoms with Crippen LogP contribution in [0.3, 0.4) is 0 Å². The second-order valence-corrected chi connectivity index (χ2v) is 19.4. The van der Waals surface area contributed by atoms with Crippen molar-refractivity contribution in [2.45, 2.75) is 27.7 Å². The van der Waals surface area contributed by atoms with Crippen molar-refractivity contribution in [2.75, 3.05) is 0 Å². The highest BCUT2D eigenvalue weighted by molar-refractivity contribution is 6.12. The predicted molar refractivity (Wildman–Crippen MR) is 302 cm³/mol. The molecule has 0 radical (unpaired) electrons.